The number of rotatable bonds is 2. The van der Waals surface area contributed by atoms with Gasteiger partial charge in [0.2, 0.25) is 0 Å². The molecule has 0 N–H and O–H groups in total. The van der Waals surface area contributed by atoms with E-state index in [2.05, 4.69) is 10.2 Å². The average Bonchev–Trinajstić information content (AvgIpc) is 1.88. The first kappa shape index (κ1) is 6.67. The summed E-state index contributed by atoms with van der Waals surface area (Å²) >= 11 is 0. The van der Waals surface area contributed by atoms with Crippen molar-refractivity contribution in [1.29, 1.82) is 0 Å². The van der Waals surface area contributed by atoms with Crippen molar-refractivity contribution in [2.45, 2.75) is 0 Å². The summed E-state index contributed by atoms with van der Waals surface area (Å²) in [5.74, 6) is -0.351. The maximum absolute atomic E-state index is 12.3. The summed E-state index contributed by atoms with van der Waals surface area (Å²) in [5, 5.41) is 2.13. The Morgan fingerprint density at radius 2 is 2.30 bits per heavy atom. The Morgan fingerprint density at radius 3 is 2.90 bits per heavy atom. The lowest BCUT2D eigenvalue weighted by atomic mass is 10.3. The number of hydrogen-bond acceptors (Lipinski definition) is 3. The minimum atomic E-state index is -0.457. The lowest BCUT2D eigenvalue weighted by molar-refractivity contribution is 0.333. The normalized spacial score (nSPS) is 8.90. The molecule has 0 atom stereocenters. The first-order valence-electron chi connectivity index (χ1n) is 2.58. The molecule has 0 amide bonds. The minimum absolute atomic E-state index is 0.106. The topological polar surface area (TPSA) is 38.7 Å². The van der Waals surface area contributed by atoms with E-state index < -0.39 is 5.82 Å². The second kappa shape index (κ2) is 2.91. The first-order valence-corrected chi connectivity index (χ1v) is 2.58. The van der Waals surface area contributed by atoms with Gasteiger partial charge in [0.05, 0.1) is 0 Å². The van der Waals surface area contributed by atoms with Gasteiger partial charge in [-0.1, -0.05) is 6.07 Å². The zero-order valence-electron chi connectivity index (χ0n) is 4.95. The van der Waals surface area contributed by atoms with Crippen molar-refractivity contribution in [3.05, 3.63) is 35.0 Å². The number of hydrogen-bond donors (Lipinski definition) is 0. The molecule has 0 saturated heterocycles. The second-order valence-corrected chi connectivity index (χ2v) is 1.62. The van der Waals surface area contributed by atoms with Gasteiger partial charge in [-0.15, -0.1) is 4.91 Å². The third kappa shape index (κ3) is 1.51. The predicted molar refractivity (Wildman–Crippen MR) is 32.8 cm³/mol. The molecular formula is C6H4FNO2. The quantitative estimate of drug-likeness (QED) is 0.466. The number of benzene rings is 1. The fourth-order valence-electron chi connectivity index (χ4n) is 0.567. The molecular weight excluding hydrogens is 137 g/mol. The molecule has 0 radical (unpaired) electrons. The lowest BCUT2D eigenvalue weighted by Gasteiger charge is -1.91. The highest BCUT2D eigenvalue weighted by molar-refractivity contribution is 5.21. The fourth-order valence-corrected chi connectivity index (χ4v) is 0.567. The molecule has 0 bridgehead atoms. The van der Waals surface area contributed by atoms with Crippen molar-refractivity contribution >= 4 is 0 Å². The summed E-state index contributed by atoms with van der Waals surface area (Å²) in [6.07, 6.45) is 0. The molecule has 4 heteroatoms. The fraction of sp³-hybridized carbons (Fsp3) is 0. The molecule has 0 aliphatic carbocycles. The SMILES string of the molecule is O=NOc1cccc(F)c1. The van der Waals surface area contributed by atoms with E-state index in [1.54, 1.807) is 0 Å². The van der Waals surface area contributed by atoms with Crippen LogP contribution < -0.4 is 4.84 Å². The predicted octanol–water partition coefficient (Wildman–Crippen LogP) is 1.89. The Kier molecular flexibility index (Phi) is 1.94. The molecule has 0 spiro atoms. The van der Waals surface area contributed by atoms with Crippen LogP contribution in [-0.4, -0.2) is 0 Å². The van der Waals surface area contributed by atoms with E-state index in [0.29, 0.717) is 0 Å². The summed E-state index contributed by atoms with van der Waals surface area (Å²) in [5.41, 5.74) is 0. The van der Waals surface area contributed by atoms with Crippen LogP contribution in [-0.2, 0) is 0 Å². The Morgan fingerprint density at radius 1 is 1.50 bits per heavy atom. The third-order valence-electron chi connectivity index (χ3n) is 0.939. The molecule has 1 aromatic carbocycles. The Hall–Kier alpha value is -1.45. The standard InChI is InChI=1S/C6H4FNO2/c7-5-2-1-3-6(4-5)10-8-9/h1-4H. The molecule has 1 aromatic rings. The highest BCUT2D eigenvalue weighted by atomic mass is 19.1. The molecule has 0 aromatic heterocycles. The molecule has 10 heavy (non-hydrogen) atoms. The molecule has 0 heterocycles. The molecule has 3 nitrogen and oxygen atoms in total. The molecule has 0 saturated carbocycles. The monoisotopic (exact) mass is 141 g/mol. The van der Waals surface area contributed by atoms with Gasteiger partial charge in [0.25, 0.3) is 0 Å². The van der Waals surface area contributed by atoms with E-state index in [0.717, 1.165) is 6.07 Å². The zero-order chi connectivity index (χ0) is 7.40. The highest BCUT2D eigenvalue weighted by Crippen LogP contribution is 2.11. The molecule has 52 valence electrons. The van der Waals surface area contributed by atoms with Gasteiger partial charge >= 0.3 is 0 Å². The largest absolute Gasteiger partial charge is 0.324 e. The molecule has 0 unspecified atom stereocenters. The maximum Gasteiger partial charge on any atom is 0.164 e. The van der Waals surface area contributed by atoms with Crippen LogP contribution in [0.1, 0.15) is 0 Å². The van der Waals surface area contributed by atoms with Crippen LogP contribution in [0.3, 0.4) is 0 Å². The van der Waals surface area contributed by atoms with Crippen LogP contribution >= 0.6 is 0 Å². The van der Waals surface area contributed by atoms with Gasteiger partial charge in [-0.2, -0.15) is 0 Å². The van der Waals surface area contributed by atoms with Gasteiger partial charge in [0, 0.05) is 6.07 Å². The molecule has 0 aliphatic rings. The lowest BCUT2D eigenvalue weighted by Crippen LogP contribution is -1.80. The van der Waals surface area contributed by atoms with Crippen LogP contribution in [0.2, 0.25) is 0 Å². The smallest absolute Gasteiger partial charge is 0.164 e. The van der Waals surface area contributed by atoms with E-state index in [-0.39, 0.29) is 5.75 Å². The summed E-state index contributed by atoms with van der Waals surface area (Å²) < 4.78 is 12.3. The van der Waals surface area contributed by atoms with E-state index >= 15 is 0 Å². The van der Waals surface area contributed by atoms with E-state index in [1.165, 1.54) is 18.2 Å². The van der Waals surface area contributed by atoms with Crippen molar-refractivity contribution in [2.24, 2.45) is 5.34 Å². The first-order chi connectivity index (χ1) is 4.83. The summed E-state index contributed by atoms with van der Waals surface area (Å²) in [6, 6.07) is 5.18. The highest BCUT2D eigenvalue weighted by Gasteiger charge is 1.93. The van der Waals surface area contributed by atoms with E-state index in [4.69, 9.17) is 0 Å². The Balaban J connectivity index is 2.84. The van der Waals surface area contributed by atoms with Crippen molar-refractivity contribution in [2.75, 3.05) is 0 Å². The Labute approximate surface area is 56.4 Å². The second-order valence-electron chi connectivity index (χ2n) is 1.62. The van der Waals surface area contributed by atoms with Gasteiger partial charge < -0.3 is 4.84 Å². The van der Waals surface area contributed by atoms with Crippen LogP contribution in [0.5, 0.6) is 5.75 Å². The minimum Gasteiger partial charge on any atom is -0.324 e. The molecule has 1 rings (SSSR count). The summed E-state index contributed by atoms with van der Waals surface area (Å²) in [7, 11) is 0. The van der Waals surface area contributed by atoms with Crippen molar-refractivity contribution in [3.63, 3.8) is 0 Å². The van der Waals surface area contributed by atoms with Crippen LogP contribution in [0.15, 0.2) is 29.6 Å². The molecule has 0 aliphatic heterocycles. The maximum atomic E-state index is 12.3. The van der Waals surface area contributed by atoms with Crippen molar-refractivity contribution < 1.29 is 9.23 Å². The van der Waals surface area contributed by atoms with Gasteiger partial charge in [0.15, 0.2) is 11.1 Å². The van der Waals surface area contributed by atoms with Crippen molar-refractivity contribution in [1.82, 2.24) is 0 Å². The third-order valence-corrected chi connectivity index (χ3v) is 0.939. The van der Waals surface area contributed by atoms with Gasteiger partial charge in [-0.25, -0.2) is 4.39 Å². The number of nitrogens with zero attached hydrogens (tertiary/aromatic N) is 1. The average molecular weight is 141 g/mol. The van der Waals surface area contributed by atoms with Crippen LogP contribution in [0.4, 0.5) is 4.39 Å². The van der Waals surface area contributed by atoms with Crippen LogP contribution in [0.25, 0.3) is 0 Å². The van der Waals surface area contributed by atoms with Gasteiger partial charge in [0.1, 0.15) is 5.82 Å². The van der Waals surface area contributed by atoms with E-state index in [9.17, 15) is 9.30 Å². The summed E-state index contributed by atoms with van der Waals surface area (Å²) in [4.78, 5) is 13.6. The Bertz CT molecular complexity index is 239. The molecule has 0 fully saturated rings. The van der Waals surface area contributed by atoms with E-state index in [1.807, 2.05) is 0 Å². The van der Waals surface area contributed by atoms with Crippen LogP contribution in [0, 0.1) is 10.7 Å². The summed E-state index contributed by atoms with van der Waals surface area (Å²) in [6.45, 7) is 0. The van der Waals surface area contributed by atoms with Gasteiger partial charge in [-0.3, -0.25) is 0 Å². The number of halogens is 1. The van der Waals surface area contributed by atoms with Crippen molar-refractivity contribution in [3.8, 4) is 5.75 Å². The van der Waals surface area contributed by atoms with Gasteiger partial charge in [-0.05, 0) is 12.1 Å². The zero-order valence-corrected chi connectivity index (χ0v) is 4.95.